The minimum absolute atomic E-state index is 0.0978. The summed E-state index contributed by atoms with van der Waals surface area (Å²) in [4.78, 5) is 16.4. The molecule has 1 aliphatic rings. The molecule has 1 aliphatic heterocycles. The zero-order valence-electron chi connectivity index (χ0n) is 13.5. The molecule has 0 bridgehead atoms. The van der Waals surface area contributed by atoms with E-state index in [9.17, 15) is 13.2 Å². The van der Waals surface area contributed by atoms with Gasteiger partial charge in [-0.15, -0.1) is 0 Å². The number of sulfone groups is 1. The van der Waals surface area contributed by atoms with Crippen LogP contribution in [0.1, 0.15) is 21.6 Å². The number of aromatic nitrogens is 1. The van der Waals surface area contributed by atoms with Crippen LogP contribution < -0.4 is 5.32 Å². The summed E-state index contributed by atoms with van der Waals surface area (Å²) in [5, 5.41) is 3.79. The van der Waals surface area contributed by atoms with E-state index in [0.717, 1.165) is 16.5 Å². The van der Waals surface area contributed by atoms with Gasteiger partial charge in [0.2, 0.25) is 0 Å². The molecule has 1 aromatic heterocycles. The van der Waals surface area contributed by atoms with Crippen molar-refractivity contribution in [2.45, 2.75) is 19.9 Å². The lowest BCUT2D eigenvalue weighted by Crippen LogP contribution is -2.35. The van der Waals surface area contributed by atoms with E-state index < -0.39 is 15.9 Å². The average Bonchev–Trinajstić information content (AvgIpc) is 2.89. The first kappa shape index (κ1) is 16.4. The lowest BCUT2D eigenvalue weighted by molar-refractivity contribution is 0.0942. The minimum Gasteiger partial charge on any atom is -0.343 e. The van der Waals surface area contributed by atoms with Gasteiger partial charge in [-0.1, -0.05) is 24.3 Å². The normalized spacial score (nSPS) is 18.5. The van der Waals surface area contributed by atoms with Crippen molar-refractivity contribution in [3.63, 3.8) is 0 Å². The molecule has 0 aliphatic carbocycles. The number of carbonyl (C=O) groups is 1. The summed E-state index contributed by atoms with van der Waals surface area (Å²) in [5.74, 6) is -0.479. The number of rotatable bonds is 3. The predicted molar refractivity (Wildman–Crippen MR) is 93.3 cm³/mol. The summed E-state index contributed by atoms with van der Waals surface area (Å²) in [7, 11) is -3.19. The topological polar surface area (TPSA) is 76.1 Å². The number of nitrogens with zero attached hydrogens (tertiary/aromatic N) is 1. The fraction of sp³-hybridized carbons (Fsp3) is 0.222. The van der Waals surface area contributed by atoms with Gasteiger partial charge in [-0.2, -0.15) is 0 Å². The largest absolute Gasteiger partial charge is 0.343 e. The standard InChI is InChI=1S/C18H18N2O3S/c1-12-3-4-14(9-13(12)2)15-5-6-17(19-10-15)18(21)20-16-7-8-24(22,23)11-16/h3-10,16H,11H2,1-2H3,(H,20,21). The second-order valence-corrected chi connectivity index (χ2v) is 7.90. The van der Waals surface area contributed by atoms with Crippen molar-refractivity contribution in [1.29, 1.82) is 0 Å². The van der Waals surface area contributed by atoms with Crippen LogP contribution in [-0.4, -0.2) is 31.1 Å². The molecule has 5 nitrogen and oxygen atoms in total. The van der Waals surface area contributed by atoms with Crippen molar-refractivity contribution in [2.24, 2.45) is 0 Å². The summed E-state index contributed by atoms with van der Waals surface area (Å²) in [6.45, 7) is 4.11. The zero-order valence-corrected chi connectivity index (χ0v) is 14.3. The summed E-state index contributed by atoms with van der Waals surface area (Å²) >= 11 is 0. The molecule has 1 unspecified atom stereocenters. The maximum absolute atomic E-state index is 12.2. The highest BCUT2D eigenvalue weighted by Gasteiger charge is 2.23. The van der Waals surface area contributed by atoms with Gasteiger partial charge in [0, 0.05) is 17.2 Å². The first-order chi connectivity index (χ1) is 11.3. The van der Waals surface area contributed by atoms with E-state index >= 15 is 0 Å². The van der Waals surface area contributed by atoms with Gasteiger partial charge in [-0.3, -0.25) is 9.78 Å². The third-order valence-corrected chi connectivity index (χ3v) is 5.48. The number of benzene rings is 1. The second kappa shape index (κ2) is 6.20. The third kappa shape index (κ3) is 3.54. The highest BCUT2D eigenvalue weighted by atomic mass is 32.2. The molecule has 2 heterocycles. The van der Waals surface area contributed by atoms with Crippen LogP contribution in [0.2, 0.25) is 0 Å². The number of amides is 1. The van der Waals surface area contributed by atoms with Gasteiger partial charge >= 0.3 is 0 Å². The monoisotopic (exact) mass is 342 g/mol. The molecule has 0 saturated heterocycles. The number of hydrogen-bond acceptors (Lipinski definition) is 4. The Labute approximate surface area is 141 Å². The van der Waals surface area contributed by atoms with Gasteiger partial charge in [0.05, 0.1) is 11.8 Å². The molecule has 1 atom stereocenters. The molecule has 1 aromatic carbocycles. The van der Waals surface area contributed by atoms with Crippen molar-refractivity contribution < 1.29 is 13.2 Å². The van der Waals surface area contributed by atoms with Gasteiger partial charge in [0.1, 0.15) is 5.69 Å². The Kier molecular flexibility index (Phi) is 4.24. The fourth-order valence-electron chi connectivity index (χ4n) is 2.53. The van der Waals surface area contributed by atoms with E-state index in [1.54, 1.807) is 12.3 Å². The van der Waals surface area contributed by atoms with Gasteiger partial charge in [0.25, 0.3) is 5.91 Å². The Morgan fingerprint density at radius 3 is 2.46 bits per heavy atom. The third-order valence-electron chi connectivity index (χ3n) is 4.08. The Morgan fingerprint density at radius 1 is 1.12 bits per heavy atom. The van der Waals surface area contributed by atoms with Crippen molar-refractivity contribution in [3.05, 3.63) is 64.8 Å². The quantitative estimate of drug-likeness (QED) is 0.929. The van der Waals surface area contributed by atoms with Crippen LogP contribution in [-0.2, 0) is 9.84 Å². The Morgan fingerprint density at radius 2 is 1.88 bits per heavy atom. The van der Waals surface area contributed by atoms with E-state index in [2.05, 4.69) is 36.3 Å². The van der Waals surface area contributed by atoms with E-state index in [1.165, 1.54) is 17.2 Å². The molecule has 1 amide bonds. The van der Waals surface area contributed by atoms with Gasteiger partial charge in [0.15, 0.2) is 9.84 Å². The maximum atomic E-state index is 12.2. The number of carbonyl (C=O) groups excluding carboxylic acids is 1. The molecule has 0 saturated carbocycles. The Hall–Kier alpha value is -2.47. The molecule has 0 spiro atoms. The molecule has 0 fully saturated rings. The highest BCUT2D eigenvalue weighted by molar-refractivity contribution is 7.94. The van der Waals surface area contributed by atoms with E-state index in [0.29, 0.717) is 0 Å². The van der Waals surface area contributed by atoms with Crippen LogP contribution in [0.25, 0.3) is 11.1 Å². The molecular formula is C18H18N2O3S. The van der Waals surface area contributed by atoms with Crippen LogP contribution >= 0.6 is 0 Å². The Bertz CT molecular complexity index is 916. The summed E-state index contributed by atoms with van der Waals surface area (Å²) in [6, 6.07) is 9.15. The highest BCUT2D eigenvalue weighted by Crippen LogP contribution is 2.21. The van der Waals surface area contributed by atoms with Crippen LogP contribution in [0.4, 0.5) is 0 Å². The van der Waals surface area contributed by atoms with Crippen LogP contribution in [0, 0.1) is 13.8 Å². The van der Waals surface area contributed by atoms with Gasteiger partial charge in [-0.25, -0.2) is 8.42 Å². The molecule has 0 radical (unpaired) electrons. The summed E-state index contributed by atoms with van der Waals surface area (Å²) in [6.07, 6.45) is 3.14. The van der Waals surface area contributed by atoms with E-state index in [-0.39, 0.29) is 17.4 Å². The lowest BCUT2D eigenvalue weighted by Gasteiger charge is -2.10. The SMILES string of the molecule is Cc1ccc(-c2ccc(C(=O)NC3C=CS(=O)(=O)C3)nc2)cc1C. The van der Waals surface area contributed by atoms with Crippen molar-refractivity contribution in [3.8, 4) is 11.1 Å². The molecular weight excluding hydrogens is 324 g/mol. The second-order valence-electron chi connectivity index (χ2n) is 5.97. The smallest absolute Gasteiger partial charge is 0.270 e. The first-order valence-corrected chi connectivity index (χ1v) is 9.31. The zero-order chi connectivity index (χ0) is 17.3. The number of nitrogens with one attached hydrogen (secondary N) is 1. The Balaban J connectivity index is 1.73. The molecule has 3 rings (SSSR count). The minimum atomic E-state index is -3.19. The molecule has 1 N–H and O–H groups in total. The molecule has 2 aromatic rings. The lowest BCUT2D eigenvalue weighted by atomic mass is 10.0. The first-order valence-electron chi connectivity index (χ1n) is 7.59. The van der Waals surface area contributed by atoms with E-state index in [4.69, 9.17) is 0 Å². The summed E-state index contributed by atoms with van der Waals surface area (Å²) < 4.78 is 22.7. The van der Waals surface area contributed by atoms with E-state index in [1.807, 2.05) is 12.1 Å². The fourth-order valence-corrected chi connectivity index (χ4v) is 3.76. The van der Waals surface area contributed by atoms with Crippen molar-refractivity contribution in [1.82, 2.24) is 10.3 Å². The van der Waals surface area contributed by atoms with Crippen LogP contribution in [0.5, 0.6) is 0 Å². The number of aryl methyl sites for hydroxylation is 2. The van der Waals surface area contributed by atoms with Gasteiger partial charge in [-0.05, 0) is 42.7 Å². The van der Waals surface area contributed by atoms with Crippen molar-refractivity contribution in [2.75, 3.05) is 5.75 Å². The molecule has 24 heavy (non-hydrogen) atoms. The number of pyridine rings is 1. The van der Waals surface area contributed by atoms with Gasteiger partial charge < -0.3 is 5.32 Å². The van der Waals surface area contributed by atoms with Crippen LogP contribution in [0.15, 0.2) is 48.0 Å². The molecule has 124 valence electrons. The average molecular weight is 342 g/mol. The van der Waals surface area contributed by atoms with Crippen LogP contribution in [0.3, 0.4) is 0 Å². The molecule has 6 heteroatoms. The maximum Gasteiger partial charge on any atom is 0.270 e. The summed E-state index contributed by atoms with van der Waals surface area (Å²) in [5.41, 5.74) is 4.66. The van der Waals surface area contributed by atoms with Crippen molar-refractivity contribution >= 4 is 15.7 Å². The number of hydrogen-bond donors (Lipinski definition) is 1. The predicted octanol–water partition coefficient (Wildman–Crippen LogP) is 2.41.